The van der Waals surface area contributed by atoms with Crippen LogP contribution >= 0.6 is 0 Å². The number of carbonyl (C=O) groups excluding carboxylic acids is 1. The highest BCUT2D eigenvalue weighted by Gasteiger charge is 2.31. The molecule has 6 heteroatoms. The first-order valence-corrected chi connectivity index (χ1v) is 10.8. The lowest BCUT2D eigenvalue weighted by Gasteiger charge is -2.32. The molecule has 1 saturated heterocycles. The molecule has 25 heavy (non-hydrogen) atoms. The number of nitrogens with one attached hydrogen (secondary N) is 1. The zero-order valence-corrected chi connectivity index (χ0v) is 16.1. The van der Waals surface area contributed by atoms with Gasteiger partial charge in [-0.05, 0) is 44.4 Å². The van der Waals surface area contributed by atoms with Crippen molar-refractivity contribution in [3.8, 4) is 0 Å². The fraction of sp³-hybridized carbons (Fsp3) is 0.632. The van der Waals surface area contributed by atoms with Gasteiger partial charge in [-0.3, -0.25) is 4.79 Å². The van der Waals surface area contributed by atoms with Gasteiger partial charge in [0.2, 0.25) is 10.0 Å². The Bertz CT molecular complexity index is 673. The molecule has 1 unspecified atom stereocenters. The second kappa shape index (κ2) is 9.34. The van der Waals surface area contributed by atoms with Crippen LogP contribution in [0.2, 0.25) is 0 Å². The molecule has 0 aromatic heterocycles. The summed E-state index contributed by atoms with van der Waals surface area (Å²) in [7, 11) is -3.55. The average Bonchev–Trinajstić information content (AvgIpc) is 2.61. The molecule has 2 rings (SSSR count). The van der Waals surface area contributed by atoms with Gasteiger partial charge in [0.15, 0.2) is 0 Å². The first kappa shape index (κ1) is 19.9. The lowest BCUT2D eigenvalue weighted by molar-refractivity contribution is 0.0952. The molecule has 1 aliphatic heterocycles. The van der Waals surface area contributed by atoms with E-state index in [1.165, 1.54) is 6.07 Å². The second-order valence-corrected chi connectivity index (χ2v) is 8.70. The Kier molecular flexibility index (Phi) is 7.44. The molecule has 1 aliphatic rings. The van der Waals surface area contributed by atoms with E-state index >= 15 is 0 Å². The number of sulfonamides is 1. The van der Waals surface area contributed by atoms with Crippen molar-refractivity contribution < 1.29 is 13.2 Å². The molecule has 1 aromatic carbocycles. The van der Waals surface area contributed by atoms with Crippen LogP contribution in [0, 0.1) is 0 Å². The number of piperidine rings is 1. The van der Waals surface area contributed by atoms with Crippen LogP contribution in [-0.2, 0) is 10.0 Å². The van der Waals surface area contributed by atoms with E-state index in [2.05, 4.69) is 12.2 Å². The minimum atomic E-state index is -3.55. The van der Waals surface area contributed by atoms with Crippen molar-refractivity contribution in [3.63, 3.8) is 0 Å². The number of carbonyl (C=O) groups is 1. The summed E-state index contributed by atoms with van der Waals surface area (Å²) in [6, 6.07) is 6.40. The van der Waals surface area contributed by atoms with Crippen LogP contribution in [0.3, 0.4) is 0 Å². The molecule has 1 fully saturated rings. The maximum atomic E-state index is 12.9. The predicted molar refractivity (Wildman–Crippen MR) is 100 cm³/mol. The van der Waals surface area contributed by atoms with E-state index in [9.17, 15) is 13.2 Å². The van der Waals surface area contributed by atoms with Gasteiger partial charge in [-0.15, -0.1) is 0 Å². The van der Waals surface area contributed by atoms with Crippen LogP contribution < -0.4 is 5.32 Å². The molecule has 0 bridgehead atoms. The number of unbranched alkanes of at least 4 members (excludes halogenated alkanes) is 3. The lowest BCUT2D eigenvalue weighted by atomic mass is 10.1. The van der Waals surface area contributed by atoms with Gasteiger partial charge in [0.05, 0.1) is 4.90 Å². The maximum Gasteiger partial charge on any atom is 0.251 e. The van der Waals surface area contributed by atoms with Crippen molar-refractivity contribution in [1.82, 2.24) is 9.62 Å². The largest absolute Gasteiger partial charge is 0.352 e. The standard InChI is InChI=1S/C19H30N2O3S/c1-3-4-5-7-13-20-19(22)17-11-9-12-18(15-17)25(23,24)21-14-8-6-10-16(21)2/h9,11-12,15-16H,3-8,10,13-14H2,1-2H3,(H,20,22). The quantitative estimate of drug-likeness (QED) is 0.715. The normalized spacial score (nSPS) is 18.9. The van der Waals surface area contributed by atoms with E-state index in [4.69, 9.17) is 0 Å². The highest BCUT2D eigenvalue weighted by Crippen LogP contribution is 2.25. The van der Waals surface area contributed by atoms with Crippen LogP contribution in [0.25, 0.3) is 0 Å². The van der Waals surface area contributed by atoms with Gasteiger partial charge in [0, 0.05) is 24.7 Å². The van der Waals surface area contributed by atoms with Crippen LogP contribution in [0.1, 0.15) is 69.2 Å². The third-order valence-electron chi connectivity index (χ3n) is 4.76. The van der Waals surface area contributed by atoms with Crippen molar-refractivity contribution in [3.05, 3.63) is 29.8 Å². The molecule has 1 heterocycles. The fourth-order valence-electron chi connectivity index (χ4n) is 3.22. The number of benzene rings is 1. The highest BCUT2D eigenvalue weighted by atomic mass is 32.2. The summed E-state index contributed by atoms with van der Waals surface area (Å²) in [6.45, 7) is 5.27. The summed E-state index contributed by atoms with van der Waals surface area (Å²) < 4.78 is 27.4. The zero-order valence-electron chi connectivity index (χ0n) is 15.3. The molecule has 1 N–H and O–H groups in total. The van der Waals surface area contributed by atoms with Crippen molar-refractivity contribution in [2.75, 3.05) is 13.1 Å². The minimum absolute atomic E-state index is 0.00907. The van der Waals surface area contributed by atoms with E-state index in [0.29, 0.717) is 18.7 Å². The fourth-order valence-corrected chi connectivity index (χ4v) is 4.96. The van der Waals surface area contributed by atoms with Crippen molar-refractivity contribution in [2.24, 2.45) is 0 Å². The molecule has 5 nitrogen and oxygen atoms in total. The van der Waals surface area contributed by atoms with Crippen molar-refractivity contribution >= 4 is 15.9 Å². The molecule has 1 amide bonds. The SMILES string of the molecule is CCCCCCNC(=O)c1cccc(S(=O)(=O)N2CCCCC2C)c1. The van der Waals surface area contributed by atoms with Gasteiger partial charge in [-0.1, -0.05) is 38.7 Å². The van der Waals surface area contributed by atoms with Gasteiger partial charge in [-0.2, -0.15) is 4.31 Å². The van der Waals surface area contributed by atoms with Crippen LogP contribution in [0.15, 0.2) is 29.2 Å². The van der Waals surface area contributed by atoms with Gasteiger partial charge in [0.1, 0.15) is 0 Å². The molecule has 0 spiro atoms. The lowest BCUT2D eigenvalue weighted by Crippen LogP contribution is -2.42. The molecule has 1 aromatic rings. The summed E-state index contributed by atoms with van der Waals surface area (Å²) in [5.41, 5.74) is 0.404. The van der Waals surface area contributed by atoms with Gasteiger partial charge in [-0.25, -0.2) is 8.42 Å². The summed E-state index contributed by atoms with van der Waals surface area (Å²) in [4.78, 5) is 12.5. The Morgan fingerprint density at radius 3 is 2.76 bits per heavy atom. The maximum absolute atomic E-state index is 12.9. The third kappa shape index (κ3) is 5.28. The van der Waals surface area contributed by atoms with Crippen molar-refractivity contribution in [2.45, 2.75) is 69.7 Å². The third-order valence-corrected chi connectivity index (χ3v) is 6.77. The number of amides is 1. The van der Waals surface area contributed by atoms with E-state index < -0.39 is 10.0 Å². The summed E-state index contributed by atoms with van der Waals surface area (Å²) in [6.07, 6.45) is 7.20. The molecule has 1 atom stereocenters. The number of hydrogen-bond acceptors (Lipinski definition) is 3. The van der Waals surface area contributed by atoms with Gasteiger partial charge in [0.25, 0.3) is 5.91 Å². The van der Waals surface area contributed by atoms with E-state index in [0.717, 1.165) is 44.9 Å². The first-order valence-electron chi connectivity index (χ1n) is 9.37. The molecule has 140 valence electrons. The van der Waals surface area contributed by atoms with E-state index in [-0.39, 0.29) is 16.8 Å². The molecular formula is C19H30N2O3S. The summed E-state index contributed by atoms with van der Waals surface area (Å²) in [5.74, 6) is -0.208. The van der Waals surface area contributed by atoms with Gasteiger partial charge >= 0.3 is 0 Å². The molecule has 0 aliphatic carbocycles. The monoisotopic (exact) mass is 366 g/mol. The Balaban J connectivity index is 2.06. The summed E-state index contributed by atoms with van der Waals surface area (Å²) in [5, 5.41) is 2.88. The minimum Gasteiger partial charge on any atom is -0.352 e. The Morgan fingerprint density at radius 1 is 1.24 bits per heavy atom. The van der Waals surface area contributed by atoms with Crippen LogP contribution in [-0.4, -0.2) is 37.8 Å². The second-order valence-electron chi connectivity index (χ2n) is 6.80. The smallest absolute Gasteiger partial charge is 0.251 e. The average molecular weight is 367 g/mol. The Hall–Kier alpha value is -1.40. The molecule has 0 radical (unpaired) electrons. The molecule has 0 saturated carbocycles. The van der Waals surface area contributed by atoms with Crippen molar-refractivity contribution in [1.29, 1.82) is 0 Å². The highest BCUT2D eigenvalue weighted by molar-refractivity contribution is 7.89. The van der Waals surface area contributed by atoms with Gasteiger partial charge < -0.3 is 5.32 Å². The summed E-state index contributed by atoms with van der Waals surface area (Å²) >= 11 is 0. The number of hydrogen-bond donors (Lipinski definition) is 1. The van der Waals surface area contributed by atoms with E-state index in [1.807, 2.05) is 6.92 Å². The molecular weight excluding hydrogens is 336 g/mol. The topological polar surface area (TPSA) is 66.5 Å². The first-order chi connectivity index (χ1) is 12.0. The van der Waals surface area contributed by atoms with Crippen LogP contribution in [0.5, 0.6) is 0 Å². The number of rotatable bonds is 8. The van der Waals surface area contributed by atoms with E-state index in [1.54, 1.807) is 22.5 Å². The number of nitrogens with zero attached hydrogens (tertiary/aromatic N) is 1. The zero-order chi connectivity index (χ0) is 18.3. The Labute approximate surface area is 151 Å². The Morgan fingerprint density at radius 2 is 2.04 bits per heavy atom. The predicted octanol–water partition coefficient (Wildman–Crippen LogP) is 3.56. The van der Waals surface area contributed by atoms with Crippen LogP contribution in [0.4, 0.5) is 0 Å².